The lowest BCUT2D eigenvalue weighted by atomic mass is 9.75. The first-order valence-corrected chi connectivity index (χ1v) is 12.4. The molecule has 35 heavy (non-hydrogen) atoms. The summed E-state index contributed by atoms with van der Waals surface area (Å²) in [4.78, 5) is 15.4. The van der Waals surface area contributed by atoms with Crippen LogP contribution >= 0.6 is 11.6 Å². The van der Waals surface area contributed by atoms with E-state index in [1.54, 1.807) is 24.1 Å². The number of hydrogen-bond acceptors (Lipinski definition) is 4. The van der Waals surface area contributed by atoms with Crippen molar-refractivity contribution in [2.75, 3.05) is 12.0 Å². The first-order valence-electron chi connectivity index (χ1n) is 12.0. The molecule has 1 aliphatic heterocycles. The van der Waals surface area contributed by atoms with Crippen LogP contribution in [0.25, 0.3) is 0 Å². The number of nitrogens with zero attached hydrogens (tertiary/aromatic N) is 1. The summed E-state index contributed by atoms with van der Waals surface area (Å²) in [6, 6.07) is 20.8. The van der Waals surface area contributed by atoms with Crippen molar-refractivity contribution in [3.05, 3.63) is 94.0 Å². The normalized spacial score (nSPS) is 21.0. The maximum Gasteiger partial charge on any atom is 0.234 e. The van der Waals surface area contributed by atoms with Crippen LogP contribution in [0.3, 0.4) is 0 Å². The summed E-state index contributed by atoms with van der Waals surface area (Å²) in [5.74, 6) is 0.632. The maximum absolute atomic E-state index is 13.7. The van der Waals surface area contributed by atoms with Crippen molar-refractivity contribution in [3.63, 3.8) is 0 Å². The summed E-state index contributed by atoms with van der Waals surface area (Å²) in [6.07, 6.45) is 2.78. The number of carbonyl (C=O) groups is 1. The summed E-state index contributed by atoms with van der Waals surface area (Å²) in [5, 5.41) is 11.4. The van der Waals surface area contributed by atoms with E-state index in [-0.39, 0.29) is 18.4 Å². The summed E-state index contributed by atoms with van der Waals surface area (Å²) in [7, 11) is 1.62. The minimum absolute atomic E-state index is 0.00621. The van der Waals surface area contributed by atoms with Crippen molar-refractivity contribution in [2.24, 2.45) is 0 Å². The summed E-state index contributed by atoms with van der Waals surface area (Å²) < 4.78 is 12.3. The van der Waals surface area contributed by atoms with Gasteiger partial charge in [-0.05, 0) is 80.6 Å². The van der Waals surface area contributed by atoms with Crippen molar-refractivity contribution in [2.45, 2.75) is 57.0 Å². The molecule has 0 aromatic heterocycles. The average Bonchev–Trinajstić information content (AvgIpc) is 2.82. The molecule has 1 heterocycles. The number of halogens is 1. The van der Waals surface area contributed by atoms with Crippen LogP contribution in [0.4, 0.5) is 5.69 Å². The van der Waals surface area contributed by atoms with E-state index in [9.17, 15) is 9.90 Å². The minimum Gasteiger partial charge on any atom is -0.491 e. The third kappa shape index (κ3) is 4.02. The van der Waals surface area contributed by atoms with Gasteiger partial charge in [-0.25, -0.2) is 0 Å². The molecule has 5 rings (SSSR count). The molecule has 3 aromatic rings. The van der Waals surface area contributed by atoms with E-state index in [4.69, 9.17) is 21.1 Å². The molecule has 1 fully saturated rings. The number of amides is 1. The molecule has 6 heteroatoms. The predicted molar refractivity (Wildman–Crippen MR) is 137 cm³/mol. The molecule has 0 unspecified atom stereocenters. The molecule has 0 radical (unpaired) electrons. The SMILES string of the molecule is CO[C@@]1(c2ccc(Cl)cc2)c2cc(OC(C)C)ccc2CC(=O)N1c1ccc(C2(O)CCC2)cc1. The Morgan fingerprint density at radius 2 is 1.63 bits per heavy atom. The molecule has 5 nitrogen and oxygen atoms in total. The predicted octanol–water partition coefficient (Wildman–Crippen LogP) is 5.94. The van der Waals surface area contributed by atoms with Crippen molar-refractivity contribution in [3.8, 4) is 5.75 Å². The average molecular weight is 492 g/mol. The van der Waals surface area contributed by atoms with E-state index < -0.39 is 11.3 Å². The number of anilines is 1. The van der Waals surface area contributed by atoms with Crippen LogP contribution in [0.1, 0.15) is 55.4 Å². The molecule has 1 saturated carbocycles. The van der Waals surface area contributed by atoms with Crippen molar-refractivity contribution >= 4 is 23.2 Å². The summed E-state index contributed by atoms with van der Waals surface area (Å²) in [5.41, 5.74) is 2.09. The monoisotopic (exact) mass is 491 g/mol. The van der Waals surface area contributed by atoms with E-state index in [1.807, 2.05) is 68.4 Å². The van der Waals surface area contributed by atoms with Gasteiger partial charge in [0.15, 0.2) is 5.72 Å². The van der Waals surface area contributed by atoms with E-state index in [1.165, 1.54) is 0 Å². The van der Waals surface area contributed by atoms with Gasteiger partial charge in [0.25, 0.3) is 0 Å². The molecule has 1 N–H and O–H groups in total. The zero-order valence-corrected chi connectivity index (χ0v) is 21.0. The topological polar surface area (TPSA) is 59.0 Å². The number of hydrogen-bond donors (Lipinski definition) is 1. The second-order valence-electron chi connectivity index (χ2n) is 9.68. The second-order valence-corrected chi connectivity index (χ2v) is 10.1. The van der Waals surface area contributed by atoms with Crippen LogP contribution in [-0.2, 0) is 27.3 Å². The van der Waals surface area contributed by atoms with Gasteiger partial charge in [0.05, 0.1) is 18.1 Å². The van der Waals surface area contributed by atoms with Gasteiger partial charge in [0, 0.05) is 28.9 Å². The largest absolute Gasteiger partial charge is 0.491 e. The Bertz CT molecular complexity index is 1230. The Balaban J connectivity index is 1.69. The van der Waals surface area contributed by atoms with Crippen LogP contribution in [0.2, 0.25) is 5.02 Å². The number of rotatable bonds is 6. The zero-order chi connectivity index (χ0) is 24.8. The van der Waals surface area contributed by atoms with Gasteiger partial charge >= 0.3 is 0 Å². The Labute approximate surface area is 211 Å². The minimum atomic E-state index is -1.22. The molecule has 2 aliphatic rings. The Kier molecular flexibility index (Phi) is 6.12. The number of fused-ring (bicyclic) bond motifs is 1. The molecule has 1 aliphatic carbocycles. The first-order chi connectivity index (χ1) is 16.8. The van der Waals surface area contributed by atoms with Crippen molar-refractivity contribution in [1.82, 2.24) is 0 Å². The number of ether oxygens (including phenoxy) is 2. The molecule has 182 valence electrons. The van der Waals surface area contributed by atoms with Gasteiger partial charge in [-0.1, -0.05) is 41.9 Å². The second kappa shape index (κ2) is 8.98. The molecule has 1 atom stereocenters. The molecule has 0 spiro atoms. The fourth-order valence-corrected chi connectivity index (χ4v) is 5.36. The number of aliphatic hydroxyl groups is 1. The lowest BCUT2D eigenvalue weighted by molar-refractivity contribution is -0.124. The lowest BCUT2D eigenvalue weighted by Gasteiger charge is -2.47. The fourth-order valence-electron chi connectivity index (χ4n) is 5.24. The quantitative estimate of drug-likeness (QED) is 0.464. The van der Waals surface area contributed by atoms with Crippen LogP contribution in [0.5, 0.6) is 5.75 Å². The van der Waals surface area contributed by atoms with Gasteiger partial charge in [-0.15, -0.1) is 0 Å². The summed E-state index contributed by atoms with van der Waals surface area (Å²) >= 11 is 6.22. The highest BCUT2D eigenvalue weighted by Crippen LogP contribution is 2.47. The standard InChI is InChI=1S/C29H30ClNO4/c1-19(2)35-25-14-5-20-17-27(32)31(24-12-8-21(9-13-24)28(33)15-4-16-28)29(34-3,26(20)18-25)22-6-10-23(30)11-7-22/h5-14,18-19,33H,4,15-17H2,1-3H3/t29-/m0/s1. The fraction of sp³-hybridized carbons (Fsp3) is 0.345. The molecular weight excluding hydrogens is 462 g/mol. The lowest BCUT2D eigenvalue weighted by Crippen LogP contribution is -2.56. The smallest absolute Gasteiger partial charge is 0.234 e. The molecule has 1 amide bonds. The molecule has 3 aromatic carbocycles. The third-order valence-electron chi connectivity index (χ3n) is 7.10. The highest BCUT2D eigenvalue weighted by molar-refractivity contribution is 6.30. The number of carbonyl (C=O) groups excluding carboxylic acids is 1. The Morgan fingerprint density at radius 1 is 0.971 bits per heavy atom. The van der Waals surface area contributed by atoms with Crippen LogP contribution in [0.15, 0.2) is 66.7 Å². The van der Waals surface area contributed by atoms with E-state index in [0.29, 0.717) is 16.5 Å². The van der Waals surface area contributed by atoms with Crippen LogP contribution in [-0.4, -0.2) is 24.2 Å². The van der Waals surface area contributed by atoms with Gasteiger partial charge < -0.3 is 14.6 Å². The van der Waals surface area contributed by atoms with E-state index in [2.05, 4.69) is 0 Å². The van der Waals surface area contributed by atoms with Gasteiger partial charge in [0.2, 0.25) is 5.91 Å². The molecular formula is C29H30ClNO4. The third-order valence-corrected chi connectivity index (χ3v) is 7.35. The van der Waals surface area contributed by atoms with E-state index in [0.717, 1.165) is 41.5 Å². The Hall–Kier alpha value is -2.86. The van der Waals surface area contributed by atoms with Crippen LogP contribution < -0.4 is 9.64 Å². The first kappa shape index (κ1) is 23.9. The van der Waals surface area contributed by atoms with Crippen molar-refractivity contribution in [1.29, 1.82) is 0 Å². The maximum atomic E-state index is 13.7. The molecule has 0 bridgehead atoms. The molecule has 0 saturated heterocycles. The zero-order valence-electron chi connectivity index (χ0n) is 20.3. The van der Waals surface area contributed by atoms with Crippen LogP contribution in [0, 0.1) is 0 Å². The summed E-state index contributed by atoms with van der Waals surface area (Å²) in [6.45, 7) is 3.96. The van der Waals surface area contributed by atoms with Gasteiger partial charge in [-0.3, -0.25) is 9.69 Å². The Morgan fingerprint density at radius 3 is 2.20 bits per heavy atom. The number of benzene rings is 3. The van der Waals surface area contributed by atoms with Gasteiger partial charge in [0.1, 0.15) is 5.75 Å². The number of methoxy groups -OCH3 is 1. The highest BCUT2D eigenvalue weighted by Gasteiger charge is 2.49. The van der Waals surface area contributed by atoms with E-state index >= 15 is 0 Å². The highest BCUT2D eigenvalue weighted by atomic mass is 35.5. The van der Waals surface area contributed by atoms with Crippen molar-refractivity contribution < 1.29 is 19.4 Å². The van der Waals surface area contributed by atoms with Gasteiger partial charge in [-0.2, -0.15) is 0 Å².